The van der Waals surface area contributed by atoms with Crippen molar-refractivity contribution >= 4 is 0 Å². The van der Waals surface area contributed by atoms with Gasteiger partial charge in [0.25, 0.3) is 0 Å². The van der Waals surface area contributed by atoms with E-state index in [4.69, 9.17) is 0 Å². The molecular formula is C10H16. The van der Waals surface area contributed by atoms with Crippen molar-refractivity contribution in [3.05, 3.63) is 23.8 Å². The summed E-state index contributed by atoms with van der Waals surface area (Å²) in [6, 6.07) is 0. The third-order valence-corrected chi connectivity index (χ3v) is 2.16. The Kier molecular flexibility index (Phi) is 2.73. The summed E-state index contributed by atoms with van der Waals surface area (Å²) in [4.78, 5) is 0. The van der Waals surface area contributed by atoms with Gasteiger partial charge in [0, 0.05) is 0 Å². The summed E-state index contributed by atoms with van der Waals surface area (Å²) in [5.41, 5.74) is 1.43. The molecule has 56 valence electrons. The van der Waals surface area contributed by atoms with Crippen molar-refractivity contribution in [2.45, 2.75) is 33.1 Å². The van der Waals surface area contributed by atoms with Crippen molar-refractivity contribution in [3.8, 4) is 0 Å². The first-order valence-corrected chi connectivity index (χ1v) is 4.18. The first kappa shape index (κ1) is 7.59. The first-order valence-electron chi connectivity index (χ1n) is 4.18. The second-order valence-corrected chi connectivity index (χ2v) is 3.05. The maximum atomic E-state index is 2.35. The second-order valence-electron chi connectivity index (χ2n) is 3.05. The van der Waals surface area contributed by atoms with Crippen LogP contribution in [0.5, 0.6) is 0 Å². The van der Waals surface area contributed by atoms with Crippen molar-refractivity contribution in [3.63, 3.8) is 0 Å². The monoisotopic (exact) mass is 136 g/mol. The lowest BCUT2D eigenvalue weighted by molar-refractivity contribution is 0.582. The molecule has 0 aromatic heterocycles. The Balaban J connectivity index is 2.53. The van der Waals surface area contributed by atoms with Gasteiger partial charge in [-0.15, -0.1) is 0 Å². The molecule has 0 nitrogen and oxygen atoms in total. The smallest absolute Gasteiger partial charge is 0.0230 e. The molecule has 1 unspecified atom stereocenters. The fourth-order valence-electron chi connectivity index (χ4n) is 1.32. The first-order chi connectivity index (χ1) is 4.83. The molecule has 0 aliphatic heterocycles. The van der Waals surface area contributed by atoms with E-state index < -0.39 is 0 Å². The third-order valence-electron chi connectivity index (χ3n) is 2.16. The van der Waals surface area contributed by atoms with Crippen LogP contribution in [0.2, 0.25) is 0 Å². The molecule has 0 aromatic rings. The van der Waals surface area contributed by atoms with E-state index in [2.05, 4.69) is 32.1 Å². The normalized spacial score (nSPS) is 25.8. The van der Waals surface area contributed by atoms with E-state index in [9.17, 15) is 0 Å². The Hall–Kier alpha value is -0.520. The zero-order valence-electron chi connectivity index (χ0n) is 6.93. The highest BCUT2D eigenvalue weighted by molar-refractivity contribution is 5.18. The Labute approximate surface area is 63.6 Å². The number of hydrogen-bond donors (Lipinski definition) is 0. The molecule has 10 heavy (non-hydrogen) atoms. The number of allylic oxidation sites excluding steroid dienone is 4. The number of rotatable bonds is 1. The molecule has 0 N–H and O–H groups in total. The highest BCUT2D eigenvalue weighted by Crippen LogP contribution is 2.18. The standard InChI is InChI=1S/C10H16/c1-3-10-6-4-5-9(2)7-8-10/h5,7-8,10H,3-4,6H2,1-2H3. The molecule has 1 atom stereocenters. The van der Waals surface area contributed by atoms with E-state index in [0.717, 1.165) is 5.92 Å². The molecule has 0 heterocycles. The summed E-state index contributed by atoms with van der Waals surface area (Å²) in [5, 5.41) is 0. The molecule has 0 amide bonds. The van der Waals surface area contributed by atoms with Crippen molar-refractivity contribution in [2.24, 2.45) is 5.92 Å². The van der Waals surface area contributed by atoms with Gasteiger partial charge in [-0.1, -0.05) is 30.7 Å². The van der Waals surface area contributed by atoms with Crippen LogP contribution in [0.15, 0.2) is 23.8 Å². The average molecular weight is 136 g/mol. The molecule has 0 heteroatoms. The zero-order chi connectivity index (χ0) is 7.40. The molecule has 0 spiro atoms. The summed E-state index contributed by atoms with van der Waals surface area (Å²) in [6.45, 7) is 4.43. The van der Waals surface area contributed by atoms with E-state index in [0.29, 0.717) is 0 Å². The van der Waals surface area contributed by atoms with Crippen LogP contribution in [0.25, 0.3) is 0 Å². The van der Waals surface area contributed by atoms with Crippen molar-refractivity contribution in [1.82, 2.24) is 0 Å². The average Bonchev–Trinajstić information content (AvgIpc) is 2.14. The van der Waals surface area contributed by atoms with Gasteiger partial charge in [-0.3, -0.25) is 0 Å². The van der Waals surface area contributed by atoms with Crippen LogP contribution in [0, 0.1) is 5.92 Å². The Morgan fingerprint density at radius 3 is 3.10 bits per heavy atom. The Morgan fingerprint density at radius 1 is 1.60 bits per heavy atom. The van der Waals surface area contributed by atoms with E-state index in [1.165, 1.54) is 24.8 Å². The molecule has 0 bridgehead atoms. The van der Waals surface area contributed by atoms with Crippen molar-refractivity contribution in [1.29, 1.82) is 0 Å². The quantitative estimate of drug-likeness (QED) is 0.518. The van der Waals surface area contributed by atoms with Crippen LogP contribution in [-0.4, -0.2) is 0 Å². The summed E-state index contributed by atoms with van der Waals surface area (Å²) in [5.74, 6) is 0.827. The maximum absolute atomic E-state index is 2.35. The fourth-order valence-corrected chi connectivity index (χ4v) is 1.32. The van der Waals surface area contributed by atoms with Crippen LogP contribution in [0.1, 0.15) is 33.1 Å². The molecule has 1 aliphatic rings. The molecule has 0 fully saturated rings. The Morgan fingerprint density at radius 2 is 2.40 bits per heavy atom. The van der Waals surface area contributed by atoms with Crippen LogP contribution >= 0.6 is 0 Å². The van der Waals surface area contributed by atoms with Gasteiger partial charge in [0.05, 0.1) is 0 Å². The van der Waals surface area contributed by atoms with Gasteiger partial charge in [0.2, 0.25) is 0 Å². The lowest BCUT2D eigenvalue weighted by atomic mass is 10.0. The van der Waals surface area contributed by atoms with Crippen molar-refractivity contribution in [2.75, 3.05) is 0 Å². The van der Waals surface area contributed by atoms with Gasteiger partial charge >= 0.3 is 0 Å². The van der Waals surface area contributed by atoms with Gasteiger partial charge in [-0.25, -0.2) is 0 Å². The van der Waals surface area contributed by atoms with Crippen LogP contribution in [-0.2, 0) is 0 Å². The van der Waals surface area contributed by atoms with Crippen LogP contribution < -0.4 is 0 Å². The molecule has 1 rings (SSSR count). The topological polar surface area (TPSA) is 0 Å². The number of hydrogen-bond acceptors (Lipinski definition) is 0. The van der Waals surface area contributed by atoms with Gasteiger partial charge in [-0.2, -0.15) is 0 Å². The minimum absolute atomic E-state index is 0.827. The van der Waals surface area contributed by atoms with Crippen LogP contribution in [0.3, 0.4) is 0 Å². The van der Waals surface area contributed by atoms with E-state index >= 15 is 0 Å². The molecule has 0 radical (unpaired) electrons. The maximum Gasteiger partial charge on any atom is -0.0230 e. The molecular weight excluding hydrogens is 120 g/mol. The molecule has 0 saturated heterocycles. The predicted molar refractivity (Wildman–Crippen MR) is 45.9 cm³/mol. The van der Waals surface area contributed by atoms with Gasteiger partial charge in [0.15, 0.2) is 0 Å². The lowest BCUT2D eigenvalue weighted by Crippen LogP contribution is -1.90. The summed E-state index contributed by atoms with van der Waals surface area (Å²) in [7, 11) is 0. The van der Waals surface area contributed by atoms with E-state index in [-0.39, 0.29) is 0 Å². The van der Waals surface area contributed by atoms with Gasteiger partial charge in [0.1, 0.15) is 0 Å². The predicted octanol–water partition coefficient (Wildman–Crippen LogP) is 3.31. The summed E-state index contributed by atoms with van der Waals surface area (Å²) < 4.78 is 0. The van der Waals surface area contributed by atoms with E-state index in [1.807, 2.05) is 0 Å². The fraction of sp³-hybridized carbons (Fsp3) is 0.600. The van der Waals surface area contributed by atoms with Gasteiger partial charge in [-0.05, 0) is 32.1 Å². The highest BCUT2D eigenvalue weighted by atomic mass is 14.1. The van der Waals surface area contributed by atoms with E-state index in [1.54, 1.807) is 0 Å². The Bertz CT molecular complexity index is 151. The highest BCUT2D eigenvalue weighted by Gasteiger charge is 2.02. The minimum atomic E-state index is 0.827. The van der Waals surface area contributed by atoms with Crippen LogP contribution in [0.4, 0.5) is 0 Å². The summed E-state index contributed by atoms with van der Waals surface area (Å²) in [6.07, 6.45) is 10.8. The minimum Gasteiger partial charge on any atom is -0.0816 e. The second kappa shape index (κ2) is 3.60. The SMILES string of the molecule is CCC1C=CC(C)=CCC1. The molecule has 0 saturated carbocycles. The third kappa shape index (κ3) is 2.02. The largest absolute Gasteiger partial charge is 0.0816 e. The molecule has 0 aromatic carbocycles. The molecule has 1 aliphatic carbocycles. The van der Waals surface area contributed by atoms with Crippen molar-refractivity contribution < 1.29 is 0 Å². The lowest BCUT2D eigenvalue weighted by Gasteiger charge is -2.04. The summed E-state index contributed by atoms with van der Waals surface area (Å²) >= 11 is 0. The van der Waals surface area contributed by atoms with Gasteiger partial charge < -0.3 is 0 Å². The zero-order valence-corrected chi connectivity index (χ0v) is 6.93.